The van der Waals surface area contributed by atoms with Crippen LogP contribution in [0.1, 0.15) is 45.1 Å². The molecule has 0 saturated heterocycles. The Hall–Kier alpha value is -2.76. The van der Waals surface area contributed by atoms with Crippen molar-refractivity contribution in [3.63, 3.8) is 0 Å². The van der Waals surface area contributed by atoms with E-state index in [0.29, 0.717) is 11.1 Å². The van der Waals surface area contributed by atoms with E-state index in [4.69, 9.17) is 9.84 Å². The molecule has 0 unspecified atom stereocenters. The van der Waals surface area contributed by atoms with Crippen molar-refractivity contribution in [2.75, 3.05) is 0 Å². The van der Waals surface area contributed by atoms with Crippen molar-refractivity contribution in [3.8, 4) is 0 Å². The molecule has 0 spiro atoms. The van der Waals surface area contributed by atoms with Crippen molar-refractivity contribution in [2.24, 2.45) is 5.41 Å². The zero-order chi connectivity index (χ0) is 18.8. The highest BCUT2D eigenvalue weighted by Crippen LogP contribution is 2.26. The highest BCUT2D eigenvalue weighted by molar-refractivity contribution is 5.83. The molecule has 0 fully saturated rings. The smallest absolute Gasteiger partial charge is 0.312 e. The first-order valence-corrected chi connectivity index (χ1v) is 7.81. The number of rotatable bonds is 5. The second-order valence-corrected chi connectivity index (χ2v) is 6.39. The molecule has 2 aromatic rings. The fourth-order valence-corrected chi connectivity index (χ4v) is 2.22. The fourth-order valence-electron chi connectivity index (χ4n) is 2.22. The Morgan fingerprint density at radius 1 is 1.28 bits per heavy atom. The number of hydrogen-bond acceptors (Lipinski definition) is 4. The van der Waals surface area contributed by atoms with Gasteiger partial charge in [0.25, 0.3) is 0 Å². The van der Waals surface area contributed by atoms with Crippen LogP contribution in [0.4, 0.5) is 4.39 Å². The van der Waals surface area contributed by atoms with E-state index in [0.717, 1.165) is 0 Å². The molecule has 1 N–H and O–H groups in total. The fraction of sp³-hybridized carbons (Fsp3) is 0.316. The number of esters is 1. The van der Waals surface area contributed by atoms with E-state index >= 15 is 0 Å². The van der Waals surface area contributed by atoms with Gasteiger partial charge in [-0.05, 0) is 26.8 Å². The van der Waals surface area contributed by atoms with Gasteiger partial charge in [0.1, 0.15) is 11.6 Å². The number of carbonyl (C=O) groups is 2. The van der Waals surface area contributed by atoms with Gasteiger partial charge in [-0.15, -0.1) is 0 Å². The number of benzene rings is 1. The normalized spacial score (nSPS) is 13.2. The van der Waals surface area contributed by atoms with Gasteiger partial charge in [-0.1, -0.05) is 30.4 Å². The molecule has 6 heteroatoms. The number of pyridine rings is 1. The summed E-state index contributed by atoms with van der Waals surface area (Å²) in [4.78, 5) is 26.5. The standard InChI is InChI=1S/C19H20FNO4/c1-11(25-12(2)22)15-8-7-14-6-5-13(16(20)17(14)21-15)9-10-19(3,4)18(23)24/h5-11H,1-4H3,(H,23,24)/t11-/m1/s1. The molecule has 2 rings (SSSR count). The zero-order valence-corrected chi connectivity index (χ0v) is 14.5. The maximum Gasteiger partial charge on any atom is 0.312 e. The van der Waals surface area contributed by atoms with Gasteiger partial charge in [-0.25, -0.2) is 9.37 Å². The number of carbonyl (C=O) groups excluding carboxylic acids is 1. The van der Waals surface area contributed by atoms with Gasteiger partial charge in [-0.3, -0.25) is 9.59 Å². The predicted molar refractivity (Wildman–Crippen MR) is 92.3 cm³/mol. The van der Waals surface area contributed by atoms with Crippen molar-refractivity contribution in [1.82, 2.24) is 4.98 Å². The molecule has 0 amide bonds. The lowest BCUT2D eigenvalue weighted by molar-refractivity contribution is -0.146. The van der Waals surface area contributed by atoms with Crippen LogP contribution >= 0.6 is 0 Å². The Morgan fingerprint density at radius 2 is 1.92 bits per heavy atom. The number of fused-ring (bicyclic) bond motifs is 1. The summed E-state index contributed by atoms with van der Waals surface area (Å²) in [6, 6.07) is 6.66. The maximum atomic E-state index is 14.8. The Labute approximate surface area is 145 Å². The predicted octanol–water partition coefficient (Wildman–Crippen LogP) is 4.12. The summed E-state index contributed by atoms with van der Waals surface area (Å²) in [5, 5.41) is 9.73. The molecule has 0 aliphatic heterocycles. The minimum Gasteiger partial charge on any atom is -0.481 e. The largest absolute Gasteiger partial charge is 0.481 e. The Balaban J connectivity index is 2.45. The van der Waals surface area contributed by atoms with Crippen LogP contribution in [0.5, 0.6) is 0 Å². The quantitative estimate of drug-likeness (QED) is 0.825. The molecule has 1 heterocycles. The van der Waals surface area contributed by atoms with Crippen molar-refractivity contribution in [2.45, 2.75) is 33.8 Å². The van der Waals surface area contributed by atoms with Crippen molar-refractivity contribution >= 4 is 28.9 Å². The van der Waals surface area contributed by atoms with Gasteiger partial charge >= 0.3 is 11.9 Å². The third-order valence-corrected chi connectivity index (χ3v) is 3.84. The van der Waals surface area contributed by atoms with Crippen LogP contribution in [-0.2, 0) is 14.3 Å². The summed E-state index contributed by atoms with van der Waals surface area (Å²) in [6.07, 6.45) is 2.28. The van der Waals surface area contributed by atoms with E-state index in [1.165, 1.54) is 32.9 Å². The summed E-state index contributed by atoms with van der Waals surface area (Å²) in [5.74, 6) is -1.99. The first-order chi connectivity index (χ1) is 11.6. The minimum absolute atomic E-state index is 0.145. The Morgan fingerprint density at radius 3 is 2.52 bits per heavy atom. The second-order valence-electron chi connectivity index (χ2n) is 6.39. The van der Waals surface area contributed by atoms with Crippen LogP contribution < -0.4 is 0 Å². The lowest BCUT2D eigenvalue weighted by Gasteiger charge is -2.14. The van der Waals surface area contributed by atoms with E-state index in [1.807, 2.05) is 0 Å². The molecule has 132 valence electrons. The summed E-state index contributed by atoms with van der Waals surface area (Å²) in [7, 11) is 0. The molecule has 0 saturated carbocycles. The van der Waals surface area contributed by atoms with E-state index in [-0.39, 0.29) is 11.1 Å². The molecule has 0 aliphatic rings. The Bertz CT molecular complexity index is 858. The first kappa shape index (κ1) is 18.6. The van der Waals surface area contributed by atoms with Gasteiger partial charge in [0.05, 0.1) is 11.1 Å². The van der Waals surface area contributed by atoms with Crippen LogP contribution in [0.2, 0.25) is 0 Å². The third kappa shape index (κ3) is 4.21. The number of carboxylic acid groups (broad SMARTS) is 1. The van der Waals surface area contributed by atoms with Crippen LogP contribution in [0.25, 0.3) is 17.0 Å². The number of carboxylic acids is 1. The van der Waals surface area contributed by atoms with Crippen LogP contribution in [0.3, 0.4) is 0 Å². The van der Waals surface area contributed by atoms with Crippen molar-refractivity contribution in [3.05, 3.63) is 47.4 Å². The molecule has 0 aliphatic carbocycles. The monoisotopic (exact) mass is 345 g/mol. The van der Waals surface area contributed by atoms with Crippen molar-refractivity contribution < 1.29 is 23.8 Å². The van der Waals surface area contributed by atoms with Gasteiger partial charge in [0.15, 0.2) is 5.82 Å². The number of nitrogens with zero attached hydrogens (tertiary/aromatic N) is 1. The number of ether oxygens (including phenoxy) is 1. The van der Waals surface area contributed by atoms with Gasteiger partial charge < -0.3 is 9.84 Å². The van der Waals surface area contributed by atoms with E-state index in [9.17, 15) is 14.0 Å². The topological polar surface area (TPSA) is 76.5 Å². The molecule has 25 heavy (non-hydrogen) atoms. The first-order valence-electron chi connectivity index (χ1n) is 7.81. The SMILES string of the molecule is CC(=O)O[C@H](C)c1ccc2ccc(C=CC(C)(C)C(=O)O)c(F)c2n1. The zero-order valence-electron chi connectivity index (χ0n) is 14.5. The molecule has 1 aromatic carbocycles. The van der Waals surface area contributed by atoms with Gasteiger partial charge in [0.2, 0.25) is 0 Å². The number of aromatic nitrogens is 1. The molecule has 0 radical (unpaired) electrons. The number of aliphatic carboxylic acids is 1. The lowest BCUT2D eigenvalue weighted by atomic mass is 9.92. The second kappa shape index (κ2) is 7.01. The van der Waals surface area contributed by atoms with E-state index in [1.54, 1.807) is 31.2 Å². The molecule has 1 aromatic heterocycles. The third-order valence-electron chi connectivity index (χ3n) is 3.84. The highest BCUT2D eigenvalue weighted by Gasteiger charge is 2.23. The number of halogens is 1. The number of hydrogen-bond donors (Lipinski definition) is 1. The Kier molecular flexibility index (Phi) is 5.21. The van der Waals surface area contributed by atoms with E-state index < -0.39 is 29.3 Å². The molecule has 0 bridgehead atoms. The van der Waals surface area contributed by atoms with Gasteiger partial charge in [-0.2, -0.15) is 0 Å². The summed E-state index contributed by atoms with van der Waals surface area (Å²) in [6.45, 7) is 6.02. The maximum absolute atomic E-state index is 14.8. The lowest BCUT2D eigenvalue weighted by Crippen LogP contribution is -2.20. The van der Waals surface area contributed by atoms with Crippen LogP contribution in [0.15, 0.2) is 30.3 Å². The molecule has 1 atom stereocenters. The van der Waals surface area contributed by atoms with Crippen molar-refractivity contribution in [1.29, 1.82) is 0 Å². The van der Waals surface area contributed by atoms with Crippen LogP contribution in [-0.4, -0.2) is 22.0 Å². The minimum atomic E-state index is -1.11. The summed E-state index contributed by atoms with van der Waals surface area (Å²) in [5.41, 5.74) is -0.285. The molecular formula is C19H20FNO4. The average Bonchev–Trinajstić information content (AvgIpc) is 2.53. The summed E-state index contributed by atoms with van der Waals surface area (Å²) >= 11 is 0. The van der Waals surface area contributed by atoms with Crippen LogP contribution in [0, 0.1) is 11.2 Å². The van der Waals surface area contributed by atoms with E-state index in [2.05, 4.69) is 4.98 Å². The highest BCUT2D eigenvalue weighted by atomic mass is 19.1. The average molecular weight is 345 g/mol. The molecule has 5 nitrogen and oxygen atoms in total. The molecular weight excluding hydrogens is 325 g/mol. The summed E-state index contributed by atoms with van der Waals surface area (Å²) < 4.78 is 19.9. The van der Waals surface area contributed by atoms with Gasteiger partial charge in [0, 0.05) is 17.9 Å².